The molecule has 3 fully saturated rings. The summed E-state index contributed by atoms with van der Waals surface area (Å²) >= 11 is 0. The maximum absolute atomic E-state index is 10.6. The number of aliphatic carboxylic acids is 1. The normalized spacial score (nSPS) is 24.2. The van der Waals surface area contributed by atoms with Crippen molar-refractivity contribution in [2.45, 2.75) is 119 Å². The second-order valence-corrected chi connectivity index (χ2v) is 11.2. The van der Waals surface area contributed by atoms with Crippen LogP contribution in [-0.4, -0.2) is 34.2 Å². The van der Waals surface area contributed by atoms with E-state index in [1.54, 1.807) is 77.0 Å². The number of halogens is 3. The Kier molecular flexibility index (Phi) is 9.20. The van der Waals surface area contributed by atoms with Gasteiger partial charge in [0.2, 0.25) is 0 Å². The van der Waals surface area contributed by atoms with Crippen LogP contribution in [0.1, 0.15) is 96.3 Å². The van der Waals surface area contributed by atoms with E-state index in [4.69, 9.17) is 9.90 Å². The third kappa shape index (κ3) is 7.02. The fourth-order valence-electron chi connectivity index (χ4n) is 5.03. The van der Waals surface area contributed by atoms with Crippen molar-refractivity contribution < 1.29 is 23.1 Å². The zero-order chi connectivity index (χ0) is 19.0. The second kappa shape index (κ2) is 10.9. The first-order chi connectivity index (χ1) is 12.4. The quantitative estimate of drug-likeness (QED) is 0.518. The summed E-state index contributed by atoms with van der Waals surface area (Å²) in [5.41, 5.74) is 3.57. The van der Waals surface area contributed by atoms with Crippen molar-refractivity contribution in [1.82, 2.24) is 0 Å². The van der Waals surface area contributed by atoms with Crippen LogP contribution in [0, 0.1) is 0 Å². The first-order valence-electron chi connectivity index (χ1n) is 10.5. The van der Waals surface area contributed by atoms with Gasteiger partial charge in [0.25, 0.3) is 0 Å². The molecule has 0 spiro atoms. The maximum Gasteiger partial charge on any atom is 0.490 e. The summed E-state index contributed by atoms with van der Waals surface area (Å²) in [5.74, 6) is -2.76. The van der Waals surface area contributed by atoms with E-state index in [0.717, 1.165) is 0 Å². The molecule has 0 bridgehead atoms. The number of carbonyl (C=O) groups is 1. The minimum atomic E-state index is -5.08. The topological polar surface area (TPSA) is 37.3 Å². The van der Waals surface area contributed by atoms with E-state index in [0.29, 0.717) is 7.92 Å². The molecule has 3 rings (SSSR count). The van der Waals surface area contributed by atoms with Gasteiger partial charge in [-0.05, 0) is 55.5 Å². The molecule has 3 aliphatic carbocycles. The van der Waals surface area contributed by atoms with Crippen LogP contribution in [0.4, 0.5) is 13.2 Å². The van der Waals surface area contributed by atoms with Gasteiger partial charge in [0.1, 0.15) is 0 Å². The molecule has 0 heterocycles. The monoisotopic (exact) mass is 394 g/mol. The molecule has 26 heavy (non-hydrogen) atoms. The minimum Gasteiger partial charge on any atom is -0.475 e. The van der Waals surface area contributed by atoms with Crippen molar-refractivity contribution in [3.05, 3.63) is 0 Å². The SMILES string of the molecule is C1CCC(P(C2CCCCC2)C2CCCCC2)CC1.O=C(O)C(F)(F)F. The molecule has 3 aliphatic rings. The van der Waals surface area contributed by atoms with Gasteiger partial charge >= 0.3 is 12.1 Å². The lowest BCUT2D eigenvalue weighted by Gasteiger charge is -2.44. The Morgan fingerprint density at radius 3 is 1.08 bits per heavy atom. The number of alkyl halides is 3. The predicted molar refractivity (Wildman–Crippen MR) is 101 cm³/mol. The minimum absolute atomic E-state index is 0.385. The lowest BCUT2D eigenvalue weighted by molar-refractivity contribution is -0.192. The summed E-state index contributed by atoms with van der Waals surface area (Å²) in [6.07, 6.45) is 18.5. The van der Waals surface area contributed by atoms with Gasteiger partial charge in [0.15, 0.2) is 0 Å². The summed E-state index contributed by atoms with van der Waals surface area (Å²) in [4.78, 5) is 8.90. The van der Waals surface area contributed by atoms with Crippen LogP contribution >= 0.6 is 7.92 Å². The van der Waals surface area contributed by atoms with Crippen LogP contribution in [0.2, 0.25) is 0 Å². The highest BCUT2D eigenvalue weighted by molar-refractivity contribution is 7.60. The average Bonchev–Trinajstić information content (AvgIpc) is 2.64. The standard InChI is InChI=1S/C18H33P.C2HF3O2/c1-4-10-16(11-5-1)19(17-12-6-2-7-13-17)18-14-8-3-9-15-18;3-2(4,5)1(6)7/h16-18H,1-15H2;(H,6,7). The number of hydrogen-bond donors (Lipinski definition) is 1. The van der Waals surface area contributed by atoms with Gasteiger partial charge < -0.3 is 5.11 Å². The predicted octanol–water partition coefficient (Wildman–Crippen LogP) is 7.10. The molecular formula is C20H34F3O2P. The van der Waals surface area contributed by atoms with Gasteiger partial charge in [-0.15, -0.1) is 0 Å². The molecule has 2 nitrogen and oxygen atoms in total. The molecule has 0 aliphatic heterocycles. The number of carboxylic acid groups (broad SMARTS) is 1. The van der Waals surface area contributed by atoms with E-state index in [9.17, 15) is 13.2 Å². The first-order valence-corrected chi connectivity index (χ1v) is 12.0. The molecule has 0 saturated heterocycles. The van der Waals surface area contributed by atoms with Crippen LogP contribution in [0.25, 0.3) is 0 Å². The Balaban J connectivity index is 0.000000298. The van der Waals surface area contributed by atoms with Gasteiger partial charge in [-0.3, -0.25) is 0 Å². The smallest absolute Gasteiger partial charge is 0.475 e. The summed E-state index contributed by atoms with van der Waals surface area (Å²) in [6, 6.07) is 0. The highest BCUT2D eigenvalue weighted by Gasteiger charge is 2.38. The van der Waals surface area contributed by atoms with Crippen molar-refractivity contribution in [2.75, 3.05) is 0 Å². The third-order valence-corrected chi connectivity index (χ3v) is 10.3. The largest absolute Gasteiger partial charge is 0.490 e. The fraction of sp³-hybridized carbons (Fsp3) is 0.950. The summed E-state index contributed by atoms with van der Waals surface area (Å²) in [7, 11) is 0.385. The van der Waals surface area contributed by atoms with Crippen LogP contribution in [0.3, 0.4) is 0 Å². The summed E-state index contributed by atoms with van der Waals surface area (Å²) in [6.45, 7) is 0. The average molecular weight is 394 g/mol. The van der Waals surface area contributed by atoms with E-state index in [2.05, 4.69) is 0 Å². The van der Waals surface area contributed by atoms with Gasteiger partial charge in [0, 0.05) is 0 Å². The molecule has 0 aromatic heterocycles. The van der Waals surface area contributed by atoms with Crippen LogP contribution < -0.4 is 0 Å². The van der Waals surface area contributed by atoms with E-state index in [1.165, 1.54) is 36.2 Å². The lowest BCUT2D eigenvalue weighted by Crippen LogP contribution is -2.28. The Morgan fingerprint density at radius 1 is 0.654 bits per heavy atom. The molecule has 152 valence electrons. The summed E-state index contributed by atoms with van der Waals surface area (Å²) < 4.78 is 31.7. The van der Waals surface area contributed by atoms with E-state index >= 15 is 0 Å². The molecule has 0 atom stereocenters. The molecule has 0 unspecified atom stereocenters. The molecule has 6 heteroatoms. The Morgan fingerprint density at radius 2 is 0.885 bits per heavy atom. The zero-order valence-electron chi connectivity index (χ0n) is 15.8. The van der Waals surface area contributed by atoms with E-state index < -0.39 is 12.1 Å². The zero-order valence-corrected chi connectivity index (χ0v) is 16.7. The highest BCUT2D eigenvalue weighted by atomic mass is 31.1. The highest BCUT2D eigenvalue weighted by Crippen LogP contribution is 2.61. The Hall–Kier alpha value is -0.310. The van der Waals surface area contributed by atoms with Crippen molar-refractivity contribution in [2.24, 2.45) is 0 Å². The Labute approximate surface area is 157 Å². The van der Waals surface area contributed by atoms with Gasteiger partial charge in [-0.2, -0.15) is 13.2 Å². The molecule has 0 amide bonds. The van der Waals surface area contributed by atoms with Gasteiger partial charge in [0.05, 0.1) is 0 Å². The van der Waals surface area contributed by atoms with Crippen LogP contribution in [-0.2, 0) is 4.79 Å². The first kappa shape index (κ1) is 22.0. The van der Waals surface area contributed by atoms with E-state index in [1.807, 2.05) is 0 Å². The number of carboxylic acids is 1. The Bertz CT molecular complexity index is 367. The summed E-state index contributed by atoms with van der Waals surface area (Å²) in [5, 5.41) is 7.12. The van der Waals surface area contributed by atoms with E-state index in [-0.39, 0.29) is 0 Å². The molecule has 0 radical (unpaired) electrons. The van der Waals surface area contributed by atoms with Gasteiger partial charge in [-0.25, -0.2) is 4.79 Å². The maximum atomic E-state index is 10.6. The van der Waals surface area contributed by atoms with Crippen molar-refractivity contribution >= 4 is 13.9 Å². The van der Waals surface area contributed by atoms with Crippen LogP contribution in [0.5, 0.6) is 0 Å². The lowest BCUT2D eigenvalue weighted by atomic mass is 9.99. The van der Waals surface area contributed by atoms with Crippen molar-refractivity contribution in [3.63, 3.8) is 0 Å². The fourth-order valence-corrected chi connectivity index (χ4v) is 9.71. The number of rotatable bonds is 3. The van der Waals surface area contributed by atoms with Crippen molar-refractivity contribution in [1.29, 1.82) is 0 Å². The van der Waals surface area contributed by atoms with Crippen LogP contribution in [0.15, 0.2) is 0 Å². The second-order valence-electron chi connectivity index (χ2n) is 8.13. The van der Waals surface area contributed by atoms with Gasteiger partial charge in [-0.1, -0.05) is 65.7 Å². The molecular weight excluding hydrogens is 360 g/mol. The molecule has 0 aromatic rings. The molecule has 0 aromatic carbocycles. The third-order valence-electron chi connectivity index (χ3n) is 6.23. The van der Waals surface area contributed by atoms with Crippen molar-refractivity contribution in [3.8, 4) is 0 Å². The number of hydrogen-bond acceptors (Lipinski definition) is 1. The molecule has 1 N–H and O–H groups in total. The molecule has 3 saturated carbocycles.